The van der Waals surface area contributed by atoms with Gasteiger partial charge in [0.05, 0.1) is 11.0 Å². The molecule has 0 saturated carbocycles. The molecule has 0 aliphatic carbocycles. The van der Waals surface area contributed by atoms with Crippen LogP contribution >= 0.6 is 0 Å². The highest BCUT2D eigenvalue weighted by atomic mass is 19.1. The fourth-order valence-corrected chi connectivity index (χ4v) is 4.55. The highest BCUT2D eigenvalue weighted by Crippen LogP contribution is 2.20. The lowest BCUT2D eigenvalue weighted by atomic mass is 10.1. The summed E-state index contributed by atoms with van der Waals surface area (Å²) >= 11 is 0. The third kappa shape index (κ3) is 3.83. The van der Waals surface area contributed by atoms with Crippen LogP contribution in [0.2, 0.25) is 0 Å². The molecule has 7 heteroatoms. The summed E-state index contributed by atoms with van der Waals surface area (Å²) in [7, 11) is 0. The third-order valence-electron chi connectivity index (χ3n) is 6.51. The summed E-state index contributed by atoms with van der Waals surface area (Å²) in [6.07, 6.45) is 0. The number of rotatable bonds is 3. The molecule has 0 radical (unpaired) electrons. The number of aryl methyl sites for hydroxylation is 1. The van der Waals surface area contributed by atoms with Gasteiger partial charge in [-0.25, -0.2) is 4.39 Å². The average molecular weight is 458 g/mol. The molecule has 0 atom stereocenters. The zero-order valence-corrected chi connectivity index (χ0v) is 18.8. The number of para-hydroxylation sites is 2. The van der Waals surface area contributed by atoms with E-state index in [2.05, 4.69) is 0 Å². The summed E-state index contributed by atoms with van der Waals surface area (Å²) in [5.41, 5.74) is 2.20. The predicted octanol–water partition coefficient (Wildman–Crippen LogP) is 3.59. The van der Waals surface area contributed by atoms with Crippen LogP contribution in [0.4, 0.5) is 4.39 Å². The molecular formula is C27H24FN3O3. The molecule has 0 unspecified atom stereocenters. The lowest BCUT2D eigenvalue weighted by molar-refractivity contribution is -0.133. The van der Waals surface area contributed by atoms with Gasteiger partial charge in [-0.3, -0.25) is 14.4 Å². The monoisotopic (exact) mass is 457 g/mol. The van der Waals surface area contributed by atoms with Gasteiger partial charge < -0.3 is 14.4 Å². The van der Waals surface area contributed by atoms with Crippen LogP contribution in [0.3, 0.4) is 0 Å². The maximum atomic E-state index is 13.9. The number of halogens is 1. The van der Waals surface area contributed by atoms with Crippen molar-refractivity contribution in [1.82, 2.24) is 14.4 Å². The molecule has 0 spiro atoms. The Morgan fingerprint density at radius 2 is 1.38 bits per heavy atom. The number of amides is 2. The van der Waals surface area contributed by atoms with Crippen molar-refractivity contribution in [1.29, 1.82) is 0 Å². The van der Waals surface area contributed by atoms with Gasteiger partial charge in [-0.05, 0) is 48.9 Å². The van der Waals surface area contributed by atoms with Crippen LogP contribution in [0.25, 0.3) is 21.8 Å². The lowest BCUT2D eigenvalue weighted by Gasteiger charge is -2.35. The van der Waals surface area contributed by atoms with Gasteiger partial charge in [0.1, 0.15) is 12.4 Å². The van der Waals surface area contributed by atoms with E-state index in [0.717, 1.165) is 11.0 Å². The first kappa shape index (κ1) is 21.8. The molecule has 2 amide bonds. The van der Waals surface area contributed by atoms with Gasteiger partial charge in [-0.1, -0.05) is 30.3 Å². The average Bonchev–Trinajstić information content (AvgIpc) is 2.87. The number of hydrogen-bond acceptors (Lipinski definition) is 3. The molecule has 1 aliphatic rings. The largest absolute Gasteiger partial charge is 0.338 e. The smallest absolute Gasteiger partial charge is 0.254 e. The number of benzene rings is 3. The van der Waals surface area contributed by atoms with E-state index in [0.29, 0.717) is 48.1 Å². The normalized spacial score (nSPS) is 14.1. The third-order valence-corrected chi connectivity index (χ3v) is 6.51. The number of carbonyl (C=O) groups excluding carboxylic acids is 2. The molecule has 1 aliphatic heterocycles. The fourth-order valence-electron chi connectivity index (χ4n) is 4.55. The first-order valence-electron chi connectivity index (χ1n) is 11.3. The van der Waals surface area contributed by atoms with Gasteiger partial charge in [0.2, 0.25) is 5.91 Å². The predicted molar refractivity (Wildman–Crippen MR) is 129 cm³/mol. The van der Waals surface area contributed by atoms with Crippen LogP contribution in [0, 0.1) is 12.7 Å². The van der Waals surface area contributed by atoms with Crippen molar-refractivity contribution < 1.29 is 14.0 Å². The minimum absolute atomic E-state index is 0.0467. The van der Waals surface area contributed by atoms with Crippen LogP contribution in [0.15, 0.2) is 71.5 Å². The summed E-state index contributed by atoms with van der Waals surface area (Å²) in [5.74, 6) is -0.712. The van der Waals surface area contributed by atoms with E-state index in [-0.39, 0.29) is 23.8 Å². The first-order valence-corrected chi connectivity index (χ1v) is 11.3. The molecular weight excluding hydrogens is 433 g/mol. The topological polar surface area (TPSA) is 62.6 Å². The second-order valence-corrected chi connectivity index (χ2v) is 8.59. The van der Waals surface area contributed by atoms with Crippen LogP contribution in [-0.2, 0) is 11.3 Å². The Hall–Kier alpha value is -4.00. The molecule has 6 nitrogen and oxygen atoms in total. The van der Waals surface area contributed by atoms with E-state index in [9.17, 15) is 18.8 Å². The Kier molecular flexibility index (Phi) is 5.61. The van der Waals surface area contributed by atoms with Gasteiger partial charge >= 0.3 is 0 Å². The number of piperazine rings is 1. The van der Waals surface area contributed by atoms with Gasteiger partial charge in [0.25, 0.3) is 5.91 Å². The quantitative estimate of drug-likeness (QED) is 0.442. The number of aromatic nitrogens is 1. The zero-order chi connectivity index (χ0) is 23.8. The standard InChI is InChI=1S/C27H24FN3O3/c1-18-10-11-19(16-22(18)28)27(34)30-14-12-29(13-15-30)25(32)17-31-23-8-4-2-6-20(23)26(33)21-7-3-5-9-24(21)31/h2-11,16H,12-15,17H2,1H3. The Morgan fingerprint density at radius 3 is 1.97 bits per heavy atom. The Balaban J connectivity index is 1.35. The number of nitrogens with zero attached hydrogens (tertiary/aromatic N) is 3. The van der Waals surface area contributed by atoms with Gasteiger partial charge in [-0.2, -0.15) is 0 Å². The fraction of sp³-hybridized carbons (Fsp3) is 0.222. The first-order chi connectivity index (χ1) is 16.4. The van der Waals surface area contributed by atoms with Crippen molar-refractivity contribution in [2.45, 2.75) is 13.5 Å². The Bertz CT molecular complexity index is 1430. The van der Waals surface area contributed by atoms with Crippen molar-refractivity contribution >= 4 is 33.6 Å². The Labute approximate surface area is 195 Å². The zero-order valence-electron chi connectivity index (χ0n) is 18.8. The molecule has 34 heavy (non-hydrogen) atoms. The van der Waals surface area contributed by atoms with Crippen molar-refractivity contribution in [3.8, 4) is 0 Å². The minimum atomic E-state index is -0.403. The maximum Gasteiger partial charge on any atom is 0.254 e. The molecule has 4 aromatic rings. The van der Waals surface area contributed by atoms with Crippen LogP contribution in [0.1, 0.15) is 15.9 Å². The second kappa shape index (κ2) is 8.74. The molecule has 2 heterocycles. The maximum absolute atomic E-state index is 13.9. The van der Waals surface area contributed by atoms with Crippen molar-refractivity contribution in [3.63, 3.8) is 0 Å². The van der Waals surface area contributed by atoms with E-state index in [4.69, 9.17) is 0 Å². The molecule has 0 bridgehead atoms. The summed E-state index contributed by atoms with van der Waals surface area (Å²) < 4.78 is 15.8. The Morgan fingerprint density at radius 1 is 0.824 bits per heavy atom. The minimum Gasteiger partial charge on any atom is -0.338 e. The molecule has 172 valence electrons. The molecule has 3 aromatic carbocycles. The summed E-state index contributed by atoms with van der Waals surface area (Å²) in [6, 6.07) is 19.1. The van der Waals surface area contributed by atoms with Crippen molar-refractivity contribution in [3.05, 3.63) is 93.9 Å². The summed E-state index contributed by atoms with van der Waals surface area (Å²) in [5, 5.41) is 1.16. The van der Waals surface area contributed by atoms with Gasteiger partial charge in [-0.15, -0.1) is 0 Å². The second-order valence-electron chi connectivity index (χ2n) is 8.59. The lowest BCUT2D eigenvalue weighted by Crippen LogP contribution is -2.51. The van der Waals surface area contributed by atoms with E-state index in [1.807, 2.05) is 41.0 Å². The number of hydrogen-bond donors (Lipinski definition) is 0. The molecule has 1 saturated heterocycles. The van der Waals surface area contributed by atoms with E-state index in [1.165, 1.54) is 6.07 Å². The number of fused-ring (bicyclic) bond motifs is 2. The van der Waals surface area contributed by atoms with E-state index < -0.39 is 5.82 Å². The summed E-state index contributed by atoms with van der Waals surface area (Å²) in [6.45, 7) is 3.31. The number of pyridine rings is 1. The van der Waals surface area contributed by atoms with Crippen LogP contribution < -0.4 is 5.43 Å². The van der Waals surface area contributed by atoms with E-state index in [1.54, 1.807) is 41.0 Å². The van der Waals surface area contributed by atoms with Crippen LogP contribution in [0.5, 0.6) is 0 Å². The molecule has 0 N–H and O–H groups in total. The van der Waals surface area contributed by atoms with Crippen molar-refractivity contribution in [2.75, 3.05) is 26.2 Å². The van der Waals surface area contributed by atoms with Gasteiger partial charge in [0, 0.05) is 42.5 Å². The van der Waals surface area contributed by atoms with Crippen LogP contribution in [-0.4, -0.2) is 52.4 Å². The molecule has 1 aromatic heterocycles. The molecule has 5 rings (SSSR count). The summed E-state index contributed by atoms with van der Waals surface area (Å²) in [4.78, 5) is 42.3. The molecule has 1 fully saturated rings. The van der Waals surface area contributed by atoms with Gasteiger partial charge in [0.15, 0.2) is 5.43 Å². The number of carbonyl (C=O) groups is 2. The highest BCUT2D eigenvalue weighted by molar-refractivity contribution is 5.95. The SMILES string of the molecule is Cc1ccc(C(=O)N2CCN(C(=O)Cn3c4ccccc4c(=O)c4ccccc43)CC2)cc1F. The van der Waals surface area contributed by atoms with E-state index >= 15 is 0 Å². The van der Waals surface area contributed by atoms with Crippen molar-refractivity contribution in [2.24, 2.45) is 0 Å². The highest BCUT2D eigenvalue weighted by Gasteiger charge is 2.26.